The molecule has 196 valence electrons. The molecular formula is C9H20FN2O18P3. The van der Waals surface area contributed by atoms with Crippen LogP contribution in [0.3, 0.4) is 0 Å². The van der Waals surface area contributed by atoms with Crippen molar-refractivity contribution in [2.75, 3.05) is 6.61 Å². The van der Waals surface area contributed by atoms with E-state index in [1.807, 2.05) is 4.98 Å². The van der Waals surface area contributed by atoms with E-state index in [2.05, 4.69) is 0 Å². The zero-order valence-electron chi connectivity index (χ0n) is 15.6. The molecule has 2 heterocycles. The minimum absolute atomic E-state index is 0.584. The van der Waals surface area contributed by atoms with Gasteiger partial charge in [-0.25, -0.2) is 22.9 Å². The highest BCUT2D eigenvalue weighted by Crippen LogP contribution is 2.38. The molecule has 2 rings (SSSR count). The number of aliphatic hydroxyl groups is 3. The second-order valence-corrected chi connectivity index (χ2v) is 8.52. The molecule has 1 aromatic rings. The standard InChI is InChI=1S/C9H11FN2O6.3H3O4P/c10-9(17)6(15)4(3-13)18-7(9)12-2-1-5(14)11-8(12)16;3*1-5(2,3)4/h1-2,4,6-7,13,15,17H,3H2,(H,11,14,16);3*(H3,1,2,3,4)/t4-,6-,7-,9-;;;/m1.../s1. The smallest absolute Gasteiger partial charge is 0.394 e. The van der Waals surface area contributed by atoms with E-state index in [0.717, 1.165) is 12.3 Å². The normalized spacial score (nSPS) is 24.9. The average Bonchev–Trinajstić information content (AvgIpc) is 2.73. The van der Waals surface area contributed by atoms with Gasteiger partial charge in [-0.1, -0.05) is 0 Å². The first-order chi connectivity index (χ1) is 14.4. The van der Waals surface area contributed by atoms with Gasteiger partial charge < -0.3 is 64.1 Å². The summed E-state index contributed by atoms with van der Waals surface area (Å²) >= 11 is 0. The maximum atomic E-state index is 13.9. The minimum atomic E-state index is -4.64. The van der Waals surface area contributed by atoms with E-state index in [1.165, 1.54) is 0 Å². The molecule has 1 aromatic heterocycles. The van der Waals surface area contributed by atoms with Crippen LogP contribution in [-0.2, 0) is 18.4 Å². The minimum Gasteiger partial charge on any atom is -0.394 e. The van der Waals surface area contributed by atoms with Crippen molar-refractivity contribution in [3.05, 3.63) is 33.1 Å². The number of aliphatic hydroxyl groups excluding tert-OH is 2. The maximum Gasteiger partial charge on any atom is 0.466 e. The summed E-state index contributed by atoms with van der Waals surface area (Å²) in [5.41, 5.74) is -1.70. The molecule has 13 N–H and O–H groups in total. The number of ether oxygens (including phenoxy) is 1. The third-order valence-corrected chi connectivity index (χ3v) is 2.70. The average molecular weight is 556 g/mol. The van der Waals surface area contributed by atoms with E-state index in [9.17, 15) is 24.2 Å². The van der Waals surface area contributed by atoms with E-state index in [0.29, 0.717) is 4.57 Å². The first kappa shape index (κ1) is 34.0. The van der Waals surface area contributed by atoms with E-state index in [4.69, 9.17) is 67.6 Å². The van der Waals surface area contributed by atoms with Crippen LogP contribution in [0.25, 0.3) is 0 Å². The molecule has 1 aliphatic rings. The predicted molar refractivity (Wildman–Crippen MR) is 97.2 cm³/mol. The first-order valence-corrected chi connectivity index (χ1v) is 12.1. The number of phosphoric acid groups is 3. The number of alkyl halides is 1. The van der Waals surface area contributed by atoms with E-state index in [-0.39, 0.29) is 0 Å². The van der Waals surface area contributed by atoms with Crippen LogP contribution in [0, 0.1) is 0 Å². The molecule has 24 heteroatoms. The van der Waals surface area contributed by atoms with Crippen molar-refractivity contribution in [3.63, 3.8) is 0 Å². The van der Waals surface area contributed by atoms with Crippen LogP contribution in [0.1, 0.15) is 6.23 Å². The molecule has 0 aliphatic carbocycles. The molecule has 0 bridgehead atoms. The first-order valence-electron chi connectivity index (χ1n) is 7.40. The molecule has 33 heavy (non-hydrogen) atoms. The van der Waals surface area contributed by atoms with Gasteiger partial charge in [0, 0.05) is 12.3 Å². The Labute approximate surface area is 180 Å². The van der Waals surface area contributed by atoms with Gasteiger partial charge >= 0.3 is 29.2 Å². The van der Waals surface area contributed by atoms with Crippen molar-refractivity contribution < 1.29 is 82.2 Å². The van der Waals surface area contributed by atoms with Crippen LogP contribution in [0.15, 0.2) is 21.9 Å². The summed E-state index contributed by atoms with van der Waals surface area (Å²) in [4.78, 5) is 88.8. The molecule has 0 saturated carbocycles. The highest BCUT2D eigenvalue weighted by molar-refractivity contribution is 7.45. The van der Waals surface area contributed by atoms with Gasteiger partial charge in [0.2, 0.25) is 0 Å². The largest absolute Gasteiger partial charge is 0.466 e. The molecule has 1 fully saturated rings. The van der Waals surface area contributed by atoms with E-state index >= 15 is 0 Å². The lowest BCUT2D eigenvalue weighted by Crippen LogP contribution is -2.45. The Bertz CT molecular complexity index is 918. The fraction of sp³-hybridized carbons (Fsp3) is 0.556. The third-order valence-electron chi connectivity index (χ3n) is 2.70. The second-order valence-electron chi connectivity index (χ2n) is 5.44. The zero-order chi connectivity index (χ0) is 27.0. The lowest BCUT2D eigenvalue weighted by Gasteiger charge is -2.23. The quantitative estimate of drug-likeness (QED) is 0.151. The highest BCUT2D eigenvalue weighted by Gasteiger charge is 2.57. The molecule has 20 nitrogen and oxygen atoms in total. The summed E-state index contributed by atoms with van der Waals surface area (Å²) < 4.78 is 46.0. The van der Waals surface area contributed by atoms with Gasteiger partial charge in [0.15, 0.2) is 6.23 Å². The van der Waals surface area contributed by atoms with Crippen LogP contribution in [0.4, 0.5) is 4.39 Å². The number of nitrogens with zero attached hydrogens (tertiary/aromatic N) is 1. The number of nitrogens with one attached hydrogen (secondary N) is 1. The lowest BCUT2D eigenvalue weighted by molar-refractivity contribution is -0.197. The summed E-state index contributed by atoms with van der Waals surface area (Å²) in [5.74, 6) is -3.25. The molecular weight excluding hydrogens is 536 g/mol. The van der Waals surface area contributed by atoms with Crippen molar-refractivity contribution in [1.29, 1.82) is 0 Å². The number of H-pyrrole nitrogens is 1. The summed E-state index contributed by atoms with van der Waals surface area (Å²) in [7, 11) is -13.9. The summed E-state index contributed by atoms with van der Waals surface area (Å²) in [5, 5.41) is 27.7. The number of aromatic nitrogens is 2. The van der Waals surface area contributed by atoms with Gasteiger partial charge in [0.1, 0.15) is 12.2 Å². The van der Waals surface area contributed by atoms with Crippen LogP contribution < -0.4 is 11.2 Å². The van der Waals surface area contributed by atoms with Gasteiger partial charge in [0.25, 0.3) is 11.4 Å². The van der Waals surface area contributed by atoms with Crippen molar-refractivity contribution in [1.82, 2.24) is 9.55 Å². The van der Waals surface area contributed by atoms with Gasteiger partial charge in [-0.3, -0.25) is 14.3 Å². The number of hydrogen-bond donors (Lipinski definition) is 13. The molecule has 4 atom stereocenters. The van der Waals surface area contributed by atoms with Crippen LogP contribution in [0.2, 0.25) is 0 Å². The van der Waals surface area contributed by atoms with Gasteiger partial charge in [-0.2, -0.15) is 0 Å². The zero-order valence-corrected chi connectivity index (χ0v) is 18.3. The van der Waals surface area contributed by atoms with Gasteiger partial charge in [-0.05, 0) is 0 Å². The van der Waals surface area contributed by atoms with Crippen molar-refractivity contribution in [2.24, 2.45) is 0 Å². The third kappa shape index (κ3) is 17.9. The molecule has 0 radical (unpaired) electrons. The van der Waals surface area contributed by atoms with Crippen molar-refractivity contribution >= 4 is 23.5 Å². The summed E-state index contributed by atoms with van der Waals surface area (Å²) in [6.07, 6.45) is -4.31. The fourth-order valence-electron chi connectivity index (χ4n) is 1.76. The Kier molecular flexibility index (Phi) is 13.4. The Hall–Kier alpha value is -1.22. The Balaban J connectivity index is 0. The molecule has 0 unspecified atom stereocenters. The number of aromatic amines is 1. The molecule has 1 aliphatic heterocycles. The fourth-order valence-corrected chi connectivity index (χ4v) is 1.76. The predicted octanol–water partition coefficient (Wildman–Crippen LogP) is -5.34. The Morgan fingerprint density at radius 2 is 1.33 bits per heavy atom. The van der Waals surface area contributed by atoms with Crippen molar-refractivity contribution in [3.8, 4) is 0 Å². The molecule has 0 aromatic carbocycles. The Morgan fingerprint density at radius 3 is 1.61 bits per heavy atom. The van der Waals surface area contributed by atoms with E-state index in [1.54, 1.807) is 0 Å². The SMILES string of the molecule is O=P(O)(O)O.O=P(O)(O)O.O=P(O)(O)O.O=c1ccn([C@@H]2O[C@H](CO)[C@@H](O)[C@]2(O)F)c(=O)[nH]1. The topological polar surface area (TPSA) is 358 Å². The van der Waals surface area contributed by atoms with Gasteiger partial charge in [-0.15, -0.1) is 0 Å². The summed E-state index contributed by atoms with van der Waals surface area (Å²) in [6, 6.07) is 0.930. The van der Waals surface area contributed by atoms with Gasteiger partial charge in [0.05, 0.1) is 6.61 Å². The number of halogens is 1. The number of hydrogen-bond acceptors (Lipinski definition) is 9. The second kappa shape index (κ2) is 13.0. The highest BCUT2D eigenvalue weighted by atomic mass is 31.2. The lowest BCUT2D eigenvalue weighted by atomic mass is 10.1. The number of rotatable bonds is 2. The summed E-state index contributed by atoms with van der Waals surface area (Å²) in [6.45, 7) is -0.734. The molecule has 0 amide bonds. The molecule has 1 saturated heterocycles. The van der Waals surface area contributed by atoms with Crippen LogP contribution >= 0.6 is 23.5 Å². The van der Waals surface area contributed by atoms with Crippen molar-refractivity contribution in [2.45, 2.75) is 24.3 Å². The van der Waals surface area contributed by atoms with E-state index < -0.39 is 65.6 Å². The maximum absolute atomic E-state index is 13.9. The van der Waals surface area contributed by atoms with Crippen LogP contribution in [-0.4, -0.2) is 93.6 Å². The monoisotopic (exact) mass is 556 g/mol. The molecule has 0 spiro atoms. The Morgan fingerprint density at radius 1 is 0.970 bits per heavy atom. The van der Waals surface area contributed by atoms with Crippen LogP contribution in [0.5, 0.6) is 0 Å².